The van der Waals surface area contributed by atoms with Gasteiger partial charge in [-0.1, -0.05) is 0 Å². The lowest BCUT2D eigenvalue weighted by Crippen LogP contribution is -2.65. The van der Waals surface area contributed by atoms with E-state index in [-0.39, 0.29) is 0 Å². The average molecular weight is 456 g/mol. The number of nitrogens with two attached hydrogens (primary N) is 1. The normalized spacial score (nSPS) is 18.4. The number of thiophene rings is 1. The van der Waals surface area contributed by atoms with Crippen LogP contribution < -0.4 is 11.1 Å². The summed E-state index contributed by atoms with van der Waals surface area (Å²) in [7, 11) is 0. The van der Waals surface area contributed by atoms with E-state index in [0.29, 0.717) is 11.1 Å². The zero-order valence-electron chi connectivity index (χ0n) is 17.1. The van der Waals surface area contributed by atoms with Gasteiger partial charge in [-0.15, -0.1) is 24.0 Å². The number of rotatable bonds is 3. The van der Waals surface area contributed by atoms with Gasteiger partial charge in [0.25, 0.3) is 0 Å². The van der Waals surface area contributed by atoms with Gasteiger partial charge < -0.3 is 20.7 Å². The summed E-state index contributed by atoms with van der Waals surface area (Å²) in [6, 6.07) is 5.72. The molecule has 2 aromatic heterocycles. The number of nitrogens with zero attached hydrogens (tertiary/aromatic N) is 3. The van der Waals surface area contributed by atoms with Crippen LogP contribution in [0.15, 0.2) is 29.4 Å². The van der Waals surface area contributed by atoms with Gasteiger partial charge in [0.2, 0.25) is 6.41 Å². The number of ether oxygens (including phenoxy) is 1. The molecule has 2 fully saturated rings. The van der Waals surface area contributed by atoms with Gasteiger partial charge in [-0.25, -0.2) is 9.97 Å². The second kappa shape index (κ2) is 8.29. The number of carbonyl (C=O) groups is 1. The van der Waals surface area contributed by atoms with Gasteiger partial charge >= 0.3 is 0 Å². The first kappa shape index (κ1) is 20.5. The number of nitrogens with one attached hydrogen (secondary N) is 1. The van der Waals surface area contributed by atoms with Crippen LogP contribution in [0.5, 0.6) is 0 Å². The van der Waals surface area contributed by atoms with Crippen LogP contribution in [-0.4, -0.2) is 47.6 Å². The number of anilines is 3. The monoisotopic (exact) mass is 455 g/mol. The van der Waals surface area contributed by atoms with Crippen molar-refractivity contribution in [2.45, 2.75) is 30.6 Å². The highest BCUT2D eigenvalue weighted by Gasteiger charge is 2.48. The van der Waals surface area contributed by atoms with E-state index in [1.54, 1.807) is 22.6 Å². The molecule has 1 spiro atoms. The van der Waals surface area contributed by atoms with E-state index >= 15 is 0 Å². The van der Waals surface area contributed by atoms with Crippen LogP contribution >= 0.6 is 24.0 Å². The number of hydrogen-bond donors (Lipinski definition) is 3. The number of hydrogen-bond acceptors (Lipinski definition) is 8. The SMILES string of the molecule is Nc1ccc(Nc2ncnc3sc4c(c23)CCCC4)cc1S.O=CN1CC2(COC2)C1. The number of amides is 1. The average Bonchev–Trinajstić information content (AvgIpc) is 3.09. The van der Waals surface area contributed by atoms with Gasteiger partial charge in [-0.05, 0) is 49.4 Å². The lowest BCUT2D eigenvalue weighted by molar-refractivity contribution is -0.188. The molecule has 162 valence electrons. The maximum atomic E-state index is 10.1. The first-order valence-corrected chi connectivity index (χ1v) is 11.7. The molecule has 1 aliphatic carbocycles. The molecular weight excluding hydrogens is 430 g/mol. The smallest absolute Gasteiger partial charge is 0.209 e. The molecule has 0 saturated carbocycles. The molecule has 0 unspecified atom stereocenters. The van der Waals surface area contributed by atoms with E-state index in [9.17, 15) is 4.79 Å². The van der Waals surface area contributed by atoms with E-state index in [4.69, 9.17) is 10.5 Å². The van der Waals surface area contributed by atoms with Gasteiger partial charge in [0, 0.05) is 34.2 Å². The Morgan fingerprint density at radius 3 is 2.74 bits per heavy atom. The summed E-state index contributed by atoms with van der Waals surface area (Å²) >= 11 is 6.18. The fraction of sp³-hybridized carbons (Fsp3) is 0.409. The minimum atomic E-state index is 0.390. The van der Waals surface area contributed by atoms with Gasteiger partial charge in [-0.2, -0.15) is 0 Å². The molecule has 4 heterocycles. The summed E-state index contributed by atoms with van der Waals surface area (Å²) in [4.78, 5) is 24.1. The Labute approximate surface area is 190 Å². The van der Waals surface area contributed by atoms with Crippen LogP contribution in [0.25, 0.3) is 10.2 Å². The molecule has 0 bridgehead atoms. The topological polar surface area (TPSA) is 93.4 Å². The Hall–Kier alpha value is -2.36. The summed E-state index contributed by atoms with van der Waals surface area (Å²) in [5, 5.41) is 4.58. The Morgan fingerprint density at radius 1 is 1.23 bits per heavy atom. The van der Waals surface area contributed by atoms with Crippen molar-refractivity contribution in [3.63, 3.8) is 0 Å². The van der Waals surface area contributed by atoms with Gasteiger partial charge in [0.05, 0.1) is 24.0 Å². The Bertz CT molecular complexity index is 1120. The van der Waals surface area contributed by atoms with Crippen LogP contribution in [0, 0.1) is 5.41 Å². The van der Waals surface area contributed by atoms with Gasteiger partial charge in [0.1, 0.15) is 17.0 Å². The highest BCUT2D eigenvalue weighted by molar-refractivity contribution is 7.80. The number of nitrogen functional groups attached to an aromatic ring is 1. The second-order valence-electron chi connectivity index (χ2n) is 8.52. The first-order valence-electron chi connectivity index (χ1n) is 10.4. The highest BCUT2D eigenvalue weighted by Crippen LogP contribution is 2.39. The maximum absolute atomic E-state index is 10.1. The van der Waals surface area contributed by atoms with Crippen molar-refractivity contribution in [1.29, 1.82) is 0 Å². The lowest BCUT2D eigenvalue weighted by atomic mass is 9.78. The number of thiol groups is 1. The zero-order valence-corrected chi connectivity index (χ0v) is 18.8. The van der Waals surface area contributed by atoms with Crippen molar-refractivity contribution in [1.82, 2.24) is 14.9 Å². The highest BCUT2D eigenvalue weighted by atomic mass is 32.1. The van der Waals surface area contributed by atoms with Crippen LogP contribution in [-0.2, 0) is 22.4 Å². The molecule has 3 aromatic rings. The van der Waals surface area contributed by atoms with Crippen LogP contribution in [0.2, 0.25) is 0 Å². The minimum absolute atomic E-state index is 0.390. The standard InChI is InChI=1S/C16H16N4S2.C6H9NO2/c17-11-6-5-9(7-12(11)21)20-15-14-10-3-1-2-4-13(10)22-16(14)19-8-18-15;8-5-7-1-6(2-7)3-9-4-6/h5-8,21H,1-4,17H2,(H,18,19,20);5H,1-4H2. The van der Waals surface area contributed by atoms with Crippen molar-refractivity contribution < 1.29 is 9.53 Å². The molecule has 9 heteroatoms. The van der Waals surface area contributed by atoms with Crippen molar-refractivity contribution in [2.24, 2.45) is 5.41 Å². The summed E-state index contributed by atoms with van der Waals surface area (Å²) in [6.45, 7) is 3.54. The van der Waals surface area contributed by atoms with Crippen molar-refractivity contribution in [3.05, 3.63) is 35.0 Å². The number of fused-ring (bicyclic) bond motifs is 3. The Balaban J connectivity index is 0.000000189. The van der Waals surface area contributed by atoms with Crippen LogP contribution in [0.4, 0.5) is 17.2 Å². The predicted octanol–water partition coefficient (Wildman–Crippen LogP) is 3.66. The molecule has 1 amide bonds. The van der Waals surface area contributed by atoms with Crippen LogP contribution in [0.1, 0.15) is 23.3 Å². The third-order valence-electron chi connectivity index (χ3n) is 6.09. The van der Waals surface area contributed by atoms with E-state index in [1.807, 2.05) is 18.2 Å². The molecule has 2 saturated heterocycles. The summed E-state index contributed by atoms with van der Waals surface area (Å²) in [5.41, 5.74) is 9.25. The number of aryl methyl sites for hydroxylation is 2. The van der Waals surface area contributed by atoms with Crippen molar-refractivity contribution >= 4 is 57.8 Å². The summed E-state index contributed by atoms with van der Waals surface area (Å²) < 4.78 is 5.03. The van der Waals surface area contributed by atoms with E-state index in [2.05, 4.69) is 27.9 Å². The number of likely N-dealkylation sites (tertiary alicyclic amines) is 1. The predicted molar refractivity (Wildman–Crippen MR) is 126 cm³/mol. The summed E-state index contributed by atoms with van der Waals surface area (Å²) in [6.07, 6.45) is 7.34. The zero-order chi connectivity index (χ0) is 21.4. The fourth-order valence-corrected chi connectivity index (χ4v) is 5.85. The Kier molecular flexibility index (Phi) is 5.49. The van der Waals surface area contributed by atoms with E-state index in [1.165, 1.54) is 35.1 Å². The first-order chi connectivity index (χ1) is 15.1. The molecular formula is C22H25N5O2S2. The molecule has 2 aliphatic heterocycles. The molecule has 1 aromatic carbocycles. The lowest BCUT2D eigenvalue weighted by Gasteiger charge is -2.53. The fourth-order valence-electron chi connectivity index (χ4n) is 4.41. The molecule has 3 aliphatic rings. The molecule has 3 N–H and O–H groups in total. The molecule has 0 radical (unpaired) electrons. The third-order valence-corrected chi connectivity index (χ3v) is 7.67. The molecule has 31 heavy (non-hydrogen) atoms. The van der Waals surface area contributed by atoms with Gasteiger partial charge in [-0.3, -0.25) is 4.79 Å². The number of aromatic nitrogens is 2. The largest absolute Gasteiger partial charge is 0.398 e. The maximum Gasteiger partial charge on any atom is 0.209 e. The number of benzene rings is 1. The third kappa shape index (κ3) is 3.97. The molecule has 6 rings (SSSR count). The molecule has 7 nitrogen and oxygen atoms in total. The second-order valence-corrected chi connectivity index (χ2v) is 10.1. The quantitative estimate of drug-likeness (QED) is 0.317. The van der Waals surface area contributed by atoms with Crippen molar-refractivity contribution in [3.8, 4) is 0 Å². The molecule has 0 atom stereocenters. The summed E-state index contributed by atoms with van der Waals surface area (Å²) in [5.74, 6) is 0.877. The van der Waals surface area contributed by atoms with Crippen molar-refractivity contribution in [2.75, 3.05) is 37.4 Å². The van der Waals surface area contributed by atoms with E-state index in [0.717, 1.165) is 60.4 Å². The van der Waals surface area contributed by atoms with Crippen LogP contribution in [0.3, 0.4) is 0 Å². The van der Waals surface area contributed by atoms with Gasteiger partial charge in [0.15, 0.2) is 0 Å². The van der Waals surface area contributed by atoms with E-state index < -0.39 is 0 Å². The number of carbonyl (C=O) groups excluding carboxylic acids is 1. The Morgan fingerprint density at radius 2 is 2.03 bits per heavy atom. The minimum Gasteiger partial charge on any atom is -0.398 e.